The fourth-order valence-corrected chi connectivity index (χ4v) is 2.17. The molecule has 0 fully saturated rings. The smallest absolute Gasteiger partial charge is 0.337 e. The van der Waals surface area contributed by atoms with Gasteiger partial charge in [0, 0.05) is 17.1 Å². The molecule has 6 heteroatoms. The molecule has 0 bridgehead atoms. The van der Waals surface area contributed by atoms with Crippen molar-refractivity contribution in [2.24, 2.45) is 0 Å². The molecule has 1 heterocycles. The Morgan fingerprint density at radius 3 is 2.80 bits per heavy atom. The summed E-state index contributed by atoms with van der Waals surface area (Å²) in [6, 6.07) is 4.98. The zero-order valence-electron chi connectivity index (χ0n) is 11.1. The maximum atomic E-state index is 11.1. The molecular formula is C14H18N2O4. The van der Waals surface area contributed by atoms with Crippen LogP contribution in [0, 0.1) is 0 Å². The van der Waals surface area contributed by atoms with Crippen molar-refractivity contribution in [3.05, 3.63) is 35.5 Å². The Balaban J connectivity index is 2.30. The van der Waals surface area contributed by atoms with E-state index in [1.807, 2.05) is 0 Å². The topological polar surface area (TPSA) is 106 Å². The number of rotatable bonds is 6. The number of hydrogen-bond acceptors (Lipinski definition) is 4. The van der Waals surface area contributed by atoms with E-state index in [0.717, 1.165) is 0 Å². The van der Waals surface area contributed by atoms with Crippen LogP contribution in [-0.2, 0) is 0 Å². The summed E-state index contributed by atoms with van der Waals surface area (Å²) >= 11 is 0. The van der Waals surface area contributed by atoms with Crippen LogP contribution in [0.3, 0.4) is 0 Å². The first-order valence-electron chi connectivity index (χ1n) is 6.39. The van der Waals surface area contributed by atoms with Crippen LogP contribution in [-0.4, -0.2) is 46.0 Å². The molecule has 5 N–H and O–H groups in total. The van der Waals surface area contributed by atoms with Gasteiger partial charge in [-0.05, 0) is 37.7 Å². The van der Waals surface area contributed by atoms with Gasteiger partial charge < -0.3 is 25.6 Å². The predicted molar refractivity (Wildman–Crippen MR) is 74.8 cm³/mol. The van der Waals surface area contributed by atoms with Crippen molar-refractivity contribution >= 4 is 16.9 Å². The number of carboxylic acid groups (broad SMARTS) is 1. The number of carbonyl (C=O) groups is 1. The van der Waals surface area contributed by atoms with Crippen molar-refractivity contribution in [2.45, 2.75) is 18.6 Å². The monoisotopic (exact) mass is 278 g/mol. The van der Waals surface area contributed by atoms with E-state index in [-0.39, 0.29) is 5.56 Å². The van der Waals surface area contributed by atoms with E-state index in [0.29, 0.717) is 29.4 Å². The molecule has 1 aromatic heterocycles. The lowest BCUT2D eigenvalue weighted by atomic mass is 10.00. The number of H-pyrrole nitrogens is 1. The van der Waals surface area contributed by atoms with Crippen molar-refractivity contribution in [3.63, 3.8) is 0 Å². The van der Waals surface area contributed by atoms with Crippen LogP contribution in [0.4, 0.5) is 0 Å². The first kappa shape index (κ1) is 14.5. The second kappa shape index (κ2) is 6.04. The van der Waals surface area contributed by atoms with Crippen LogP contribution in [0.1, 0.15) is 28.4 Å². The van der Waals surface area contributed by atoms with E-state index in [9.17, 15) is 15.0 Å². The Hall–Kier alpha value is -1.89. The van der Waals surface area contributed by atoms with E-state index in [1.54, 1.807) is 25.2 Å². The zero-order valence-corrected chi connectivity index (χ0v) is 11.1. The summed E-state index contributed by atoms with van der Waals surface area (Å²) in [5.74, 6) is -1.03. The minimum absolute atomic E-state index is 0.152. The highest BCUT2D eigenvalue weighted by Crippen LogP contribution is 2.25. The molecular weight excluding hydrogens is 260 g/mol. The van der Waals surface area contributed by atoms with E-state index in [1.165, 1.54) is 6.20 Å². The molecule has 2 aromatic rings. The fourth-order valence-electron chi connectivity index (χ4n) is 2.17. The maximum absolute atomic E-state index is 11.1. The quantitative estimate of drug-likeness (QED) is 0.539. The van der Waals surface area contributed by atoms with Gasteiger partial charge in [-0.2, -0.15) is 0 Å². The highest BCUT2D eigenvalue weighted by molar-refractivity contribution is 6.03. The van der Waals surface area contributed by atoms with Crippen LogP contribution in [0.2, 0.25) is 0 Å². The summed E-state index contributed by atoms with van der Waals surface area (Å²) in [6.07, 6.45) is -0.105. The number of carboxylic acids is 1. The average Bonchev–Trinajstić information content (AvgIpc) is 2.86. The molecule has 108 valence electrons. The summed E-state index contributed by atoms with van der Waals surface area (Å²) in [5, 5.41) is 32.5. The van der Waals surface area contributed by atoms with Gasteiger partial charge in [-0.15, -0.1) is 0 Å². The molecule has 0 spiro atoms. The number of aliphatic hydroxyl groups excluding tert-OH is 2. The van der Waals surface area contributed by atoms with Crippen LogP contribution in [0.5, 0.6) is 0 Å². The minimum atomic E-state index is -1.04. The molecule has 2 rings (SSSR count). The van der Waals surface area contributed by atoms with E-state index < -0.39 is 18.2 Å². The molecule has 0 aliphatic heterocycles. The van der Waals surface area contributed by atoms with Gasteiger partial charge in [0.15, 0.2) is 0 Å². The summed E-state index contributed by atoms with van der Waals surface area (Å²) < 4.78 is 0. The Labute approximate surface area is 116 Å². The lowest BCUT2D eigenvalue weighted by Gasteiger charge is -2.18. The molecule has 0 saturated heterocycles. The number of aromatic carboxylic acids is 1. The van der Waals surface area contributed by atoms with E-state index >= 15 is 0 Å². The number of benzene rings is 1. The molecule has 6 nitrogen and oxygen atoms in total. The molecule has 20 heavy (non-hydrogen) atoms. The number of hydrogen-bond donors (Lipinski definition) is 5. The molecule has 0 aliphatic carbocycles. The fraction of sp³-hybridized carbons (Fsp3) is 0.357. The standard InChI is InChI=1S/C14H18N2O4/c1-15-5-4-12(17)13(18)8-2-3-11-9(6-8)10(7-16-11)14(19)20/h2-3,6-7,12-13,15-18H,4-5H2,1H3,(H,19,20). The highest BCUT2D eigenvalue weighted by atomic mass is 16.4. The molecule has 2 atom stereocenters. The molecule has 0 amide bonds. The first-order valence-corrected chi connectivity index (χ1v) is 6.39. The van der Waals surface area contributed by atoms with Gasteiger partial charge in [-0.3, -0.25) is 0 Å². The number of aliphatic hydroxyl groups is 2. The van der Waals surface area contributed by atoms with Gasteiger partial charge >= 0.3 is 5.97 Å². The minimum Gasteiger partial charge on any atom is -0.478 e. The summed E-state index contributed by atoms with van der Waals surface area (Å²) in [4.78, 5) is 14.0. The van der Waals surface area contributed by atoms with Crippen molar-refractivity contribution in [1.82, 2.24) is 10.3 Å². The highest BCUT2D eigenvalue weighted by Gasteiger charge is 2.19. The summed E-state index contributed by atoms with van der Waals surface area (Å²) in [5.41, 5.74) is 1.34. The SMILES string of the molecule is CNCCC(O)C(O)c1ccc2[nH]cc(C(=O)O)c2c1. The third-order valence-electron chi connectivity index (χ3n) is 3.33. The average molecular weight is 278 g/mol. The molecule has 2 unspecified atom stereocenters. The number of nitrogens with one attached hydrogen (secondary N) is 2. The number of fused-ring (bicyclic) bond motifs is 1. The van der Waals surface area contributed by atoms with Gasteiger partial charge in [0.2, 0.25) is 0 Å². The largest absolute Gasteiger partial charge is 0.478 e. The van der Waals surface area contributed by atoms with Gasteiger partial charge in [-0.1, -0.05) is 6.07 Å². The molecule has 0 radical (unpaired) electrons. The third kappa shape index (κ3) is 2.82. The summed E-state index contributed by atoms with van der Waals surface area (Å²) in [6.45, 7) is 0.588. The number of aromatic amines is 1. The Morgan fingerprint density at radius 1 is 1.40 bits per heavy atom. The van der Waals surface area contributed by atoms with Crippen LogP contribution in [0.25, 0.3) is 10.9 Å². The Bertz CT molecular complexity index is 608. The second-order valence-corrected chi connectivity index (χ2v) is 4.72. The lowest BCUT2D eigenvalue weighted by molar-refractivity contribution is 0.0141. The lowest BCUT2D eigenvalue weighted by Crippen LogP contribution is -2.23. The first-order chi connectivity index (χ1) is 9.54. The van der Waals surface area contributed by atoms with Gasteiger partial charge in [0.25, 0.3) is 0 Å². The molecule has 0 saturated carbocycles. The van der Waals surface area contributed by atoms with Gasteiger partial charge in [-0.25, -0.2) is 4.79 Å². The second-order valence-electron chi connectivity index (χ2n) is 4.72. The van der Waals surface area contributed by atoms with Crippen molar-refractivity contribution in [1.29, 1.82) is 0 Å². The zero-order chi connectivity index (χ0) is 14.7. The van der Waals surface area contributed by atoms with Crippen LogP contribution in [0.15, 0.2) is 24.4 Å². The predicted octanol–water partition coefficient (Wildman–Crippen LogP) is 0.870. The maximum Gasteiger partial charge on any atom is 0.337 e. The van der Waals surface area contributed by atoms with Crippen molar-refractivity contribution in [2.75, 3.05) is 13.6 Å². The van der Waals surface area contributed by atoms with Gasteiger partial charge in [0.05, 0.1) is 11.7 Å². The van der Waals surface area contributed by atoms with Crippen molar-refractivity contribution in [3.8, 4) is 0 Å². The number of aromatic nitrogens is 1. The summed E-state index contributed by atoms with van der Waals surface area (Å²) in [7, 11) is 1.77. The van der Waals surface area contributed by atoms with Crippen LogP contribution < -0.4 is 5.32 Å². The van der Waals surface area contributed by atoms with E-state index in [2.05, 4.69) is 10.3 Å². The Morgan fingerprint density at radius 2 is 2.15 bits per heavy atom. The van der Waals surface area contributed by atoms with Crippen LogP contribution >= 0.6 is 0 Å². The third-order valence-corrected chi connectivity index (χ3v) is 3.33. The molecule has 1 aromatic carbocycles. The Kier molecular flexibility index (Phi) is 4.39. The van der Waals surface area contributed by atoms with Crippen molar-refractivity contribution < 1.29 is 20.1 Å². The van der Waals surface area contributed by atoms with E-state index in [4.69, 9.17) is 5.11 Å². The van der Waals surface area contributed by atoms with Gasteiger partial charge in [0.1, 0.15) is 6.10 Å². The molecule has 0 aliphatic rings. The normalized spacial score (nSPS) is 14.3.